The Hall–Kier alpha value is -0.400. The van der Waals surface area contributed by atoms with Gasteiger partial charge in [-0.1, -0.05) is 0 Å². The Labute approximate surface area is 126 Å². The van der Waals surface area contributed by atoms with E-state index < -0.39 is 67.7 Å². The highest BCUT2D eigenvalue weighted by Crippen LogP contribution is 2.27. The predicted molar refractivity (Wildman–Crippen MR) is 71.2 cm³/mol. The van der Waals surface area contributed by atoms with E-state index in [1.807, 2.05) is 0 Å². The molecule has 0 radical (unpaired) electrons. The summed E-state index contributed by atoms with van der Waals surface area (Å²) in [6.07, 6.45) is -10.9. The number of ether oxygens (including phenoxy) is 2. The van der Waals surface area contributed by atoms with Crippen LogP contribution in [0.15, 0.2) is 0 Å². The first kappa shape index (κ1) is 17.9. The lowest BCUT2D eigenvalue weighted by Gasteiger charge is -2.45. The zero-order valence-electron chi connectivity index (χ0n) is 11.8. The van der Waals surface area contributed by atoms with Crippen LogP contribution in [0.4, 0.5) is 0 Å². The molecule has 2 rings (SSSR count). The van der Waals surface area contributed by atoms with E-state index in [4.69, 9.17) is 26.0 Å². The minimum absolute atomic E-state index is 0.191. The normalized spacial score (nSPS) is 53.5. The Morgan fingerprint density at radius 3 is 1.91 bits per heavy atom. The average Bonchev–Trinajstić information content (AvgIpc) is 2.49. The maximum absolute atomic E-state index is 10.0. The summed E-state index contributed by atoms with van der Waals surface area (Å²) in [4.78, 5) is 0. The molecule has 10 heteroatoms. The maximum Gasteiger partial charge on any atom is 0.187 e. The fraction of sp³-hybridized carbons (Fsp3) is 1.00. The van der Waals surface area contributed by atoms with Crippen molar-refractivity contribution in [1.29, 1.82) is 0 Å². The molecule has 2 fully saturated rings. The highest BCUT2D eigenvalue weighted by atomic mass is 16.7. The summed E-state index contributed by atoms with van der Waals surface area (Å²) in [6.45, 7) is -0.611. The lowest BCUT2D eigenvalue weighted by molar-refractivity contribution is -0.327. The largest absolute Gasteiger partial charge is 0.394 e. The number of aliphatic hydroxyl groups is 6. The molecule has 1 aliphatic carbocycles. The topological polar surface area (TPSA) is 192 Å². The first-order valence-electron chi connectivity index (χ1n) is 7.11. The Kier molecular flexibility index (Phi) is 5.72. The molecule has 0 spiro atoms. The minimum Gasteiger partial charge on any atom is -0.394 e. The first-order chi connectivity index (χ1) is 10.3. The third-order valence-corrected chi connectivity index (χ3v) is 4.23. The summed E-state index contributed by atoms with van der Waals surface area (Å²) < 4.78 is 10.5. The molecule has 22 heavy (non-hydrogen) atoms. The predicted octanol–water partition coefficient (Wildman–Crippen LogP) is -5.05. The zero-order valence-corrected chi connectivity index (χ0v) is 11.8. The Balaban J connectivity index is 2.10. The van der Waals surface area contributed by atoms with Gasteiger partial charge in [0.2, 0.25) is 0 Å². The molecule has 10 nitrogen and oxygen atoms in total. The van der Waals surface area contributed by atoms with Gasteiger partial charge in [0.25, 0.3) is 0 Å². The van der Waals surface area contributed by atoms with E-state index in [2.05, 4.69) is 0 Å². The van der Waals surface area contributed by atoms with Gasteiger partial charge in [-0.25, -0.2) is 0 Å². The lowest BCUT2D eigenvalue weighted by Crippen LogP contribution is -2.65. The number of nitrogens with two attached hydrogens (primary N) is 2. The second kappa shape index (κ2) is 7.01. The van der Waals surface area contributed by atoms with Crippen molar-refractivity contribution in [1.82, 2.24) is 0 Å². The number of hydrogen-bond acceptors (Lipinski definition) is 10. The summed E-state index contributed by atoms with van der Waals surface area (Å²) >= 11 is 0. The molecule has 0 aromatic rings. The van der Waals surface area contributed by atoms with Gasteiger partial charge in [-0.2, -0.15) is 0 Å². The van der Waals surface area contributed by atoms with Crippen molar-refractivity contribution in [3.63, 3.8) is 0 Å². The van der Waals surface area contributed by atoms with Gasteiger partial charge in [-0.3, -0.25) is 0 Å². The molecule has 1 saturated heterocycles. The van der Waals surface area contributed by atoms with Crippen LogP contribution < -0.4 is 11.5 Å². The molecule has 0 amide bonds. The first-order valence-corrected chi connectivity index (χ1v) is 7.11. The Morgan fingerprint density at radius 1 is 0.864 bits per heavy atom. The van der Waals surface area contributed by atoms with Gasteiger partial charge in [0.05, 0.1) is 18.8 Å². The maximum atomic E-state index is 10.0. The molecule has 0 aromatic carbocycles. The standard InChI is InChI=1S/C12H24N2O8/c13-3-1-4(14)7(17)11(6(3)16)22-12-10(20)9(19)8(18)5(2-15)21-12/h3-12,15-20H,1-2,13-14H2. The Bertz CT molecular complexity index is 359. The van der Waals surface area contributed by atoms with Gasteiger partial charge in [0, 0.05) is 12.1 Å². The van der Waals surface area contributed by atoms with Crippen molar-refractivity contribution in [2.75, 3.05) is 6.61 Å². The van der Waals surface area contributed by atoms with E-state index in [0.717, 1.165) is 0 Å². The number of aliphatic hydroxyl groups excluding tert-OH is 6. The summed E-state index contributed by atoms with van der Waals surface area (Å²) in [5.41, 5.74) is 11.4. The van der Waals surface area contributed by atoms with Crippen LogP contribution in [0.2, 0.25) is 0 Å². The fourth-order valence-corrected chi connectivity index (χ4v) is 2.78. The monoisotopic (exact) mass is 324 g/mol. The third-order valence-electron chi connectivity index (χ3n) is 4.23. The second-order valence-electron chi connectivity index (χ2n) is 5.84. The van der Waals surface area contributed by atoms with Crippen molar-refractivity contribution < 1.29 is 40.1 Å². The molecule has 9 atom stereocenters. The quantitative estimate of drug-likeness (QED) is 0.249. The molecule has 1 saturated carbocycles. The van der Waals surface area contributed by atoms with Crippen LogP contribution in [0.25, 0.3) is 0 Å². The van der Waals surface area contributed by atoms with Crippen LogP contribution in [-0.4, -0.2) is 98.3 Å². The van der Waals surface area contributed by atoms with Crippen LogP contribution >= 0.6 is 0 Å². The number of hydrogen-bond donors (Lipinski definition) is 8. The molecule has 9 unspecified atom stereocenters. The van der Waals surface area contributed by atoms with Crippen LogP contribution in [0.5, 0.6) is 0 Å². The molecule has 2 aliphatic rings. The van der Waals surface area contributed by atoms with Gasteiger partial charge in [-0.05, 0) is 6.42 Å². The number of rotatable bonds is 3. The van der Waals surface area contributed by atoms with Crippen LogP contribution in [0.3, 0.4) is 0 Å². The van der Waals surface area contributed by atoms with E-state index in [0.29, 0.717) is 0 Å². The van der Waals surface area contributed by atoms with Gasteiger partial charge < -0.3 is 51.6 Å². The second-order valence-corrected chi connectivity index (χ2v) is 5.84. The fourth-order valence-electron chi connectivity index (χ4n) is 2.78. The highest BCUT2D eigenvalue weighted by Gasteiger charge is 2.48. The van der Waals surface area contributed by atoms with Crippen LogP contribution in [0, 0.1) is 0 Å². The molecular weight excluding hydrogens is 300 g/mol. The Morgan fingerprint density at radius 2 is 1.41 bits per heavy atom. The van der Waals surface area contributed by atoms with E-state index in [1.165, 1.54) is 0 Å². The van der Waals surface area contributed by atoms with Gasteiger partial charge in [0.1, 0.15) is 30.5 Å². The minimum atomic E-state index is -1.63. The van der Waals surface area contributed by atoms with Crippen molar-refractivity contribution in [2.45, 2.75) is 67.5 Å². The molecule has 1 heterocycles. The van der Waals surface area contributed by atoms with Gasteiger partial charge in [-0.15, -0.1) is 0 Å². The third kappa shape index (κ3) is 3.26. The van der Waals surface area contributed by atoms with Crippen molar-refractivity contribution in [3.05, 3.63) is 0 Å². The molecule has 130 valence electrons. The summed E-state index contributed by atoms with van der Waals surface area (Å²) in [5.74, 6) is 0. The summed E-state index contributed by atoms with van der Waals surface area (Å²) in [5, 5.41) is 58.4. The van der Waals surface area contributed by atoms with Gasteiger partial charge >= 0.3 is 0 Å². The highest BCUT2D eigenvalue weighted by molar-refractivity contribution is 4.99. The van der Waals surface area contributed by atoms with E-state index >= 15 is 0 Å². The summed E-state index contributed by atoms with van der Waals surface area (Å²) in [6, 6.07) is -1.46. The smallest absolute Gasteiger partial charge is 0.187 e. The lowest BCUT2D eigenvalue weighted by atomic mass is 9.84. The summed E-state index contributed by atoms with van der Waals surface area (Å²) in [7, 11) is 0. The van der Waals surface area contributed by atoms with E-state index in [1.54, 1.807) is 0 Å². The SMILES string of the molecule is NC1CC(N)C(O)C(OC2OC(CO)C(O)C(O)C2O)C1O. The molecular formula is C12H24N2O8. The molecule has 10 N–H and O–H groups in total. The van der Waals surface area contributed by atoms with E-state index in [-0.39, 0.29) is 6.42 Å². The van der Waals surface area contributed by atoms with Gasteiger partial charge in [0.15, 0.2) is 6.29 Å². The van der Waals surface area contributed by atoms with Crippen molar-refractivity contribution in [2.24, 2.45) is 11.5 Å². The zero-order chi connectivity index (χ0) is 16.6. The molecule has 0 bridgehead atoms. The van der Waals surface area contributed by atoms with Crippen LogP contribution in [0.1, 0.15) is 6.42 Å². The van der Waals surface area contributed by atoms with Crippen molar-refractivity contribution in [3.8, 4) is 0 Å². The molecule has 1 aliphatic heterocycles. The molecule has 0 aromatic heterocycles. The van der Waals surface area contributed by atoms with Crippen molar-refractivity contribution >= 4 is 0 Å². The van der Waals surface area contributed by atoms with Crippen LogP contribution in [-0.2, 0) is 9.47 Å². The van der Waals surface area contributed by atoms with E-state index in [9.17, 15) is 25.5 Å². The average molecular weight is 324 g/mol.